The molecule has 0 atom stereocenters. The summed E-state index contributed by atoms with van der Waals surface area (Å²) in [6.07, 6.45) is 1.51. The molecule has 7 heteroatoms. The fourth-order valence-electron chi connectivity index (χ4n) is 0.824. The van der Waals surface area contributed by atoms with Crippen molar-refractivity contribution in [3.05, 3.63) is 6.33 Å². The number of carboxylic acid groups (broad SMARTS) is 1. The molecule has 0 aliphatic rings. The van der Waals surface area contributed by atoms with Gasteiger partial charge in [0.25, 0.3) is 0 Å². The number of nitrogens with zero attached hydrogens (tertiary/aromatic N) is 3. The van der Waals surface area contributed by atoms with E-state index in [0.29, 0.717) is 16.9 Å². The van der Waals surface area contributed by atoms with Gasteiger partial charge in [0.1, 0.15) is 6.33 Å². The minimum atomic E-state index is -0.816. The number of aliphatic carboxylic acids is 1. The van der Waals surface area contributed by atoms with E-state index in [1.165, 1.54) is 18.1 Å². The van der Waals surface area contributed by atoms with Crippen molar-refractivity contribution in [2.75, 3.05) is 17.6 Å². The van der Waals surface area contributed by atoms with Crippen molar-refractivity contribution in [1.29, 1.82) is 0 Å². The molecular weight excluding hydrogens is 240 g/mol. The van der Waals surface area contributed by atoms with Crippen molar-refractivity contribution in [3.8, 4) is 0 Å². The number of carboxylic acids is 1. The molecule has 0 bridgehead atoms. The number of hydrogen-bond acceptors (Lipinski definition) is 6. The molecule has 0 aliphatic heterocycles. The van der Waals surface area contributed by atoms with Crippen LogP contribution in [-0.2, 0) is 4.79 Å². The van der Waals surface area contributed by atoms with Gasteiger partial charge in [0.2, 0.25) is 5.95 Å². The van der Waals surface area contributed by atoms with E-state index in [-0.39, 0.29) is 6.42 Å². The number of hydrogen-bond donors (Lipinski definition) is 2. The highest BCUT2D eigenvalue weighted by Gasteiger charge is 2.02. The van der Waals surface area contributed by atoms with E-state index in [2.05, 4.69) is 20.3 Å². The lowest BCUT2D eigenvalue weighted by atomic mass is 10.5. The van der Waals surface area contributed by atoms with Crippen molar-refractivity contribution in [2.24, 2.45) is 0 Å². The lowest BCUT2D eigenvalue weighted by Crippen LogP contribution is -2.03. The van der Waals surface area contributed by atoms with E-state index in [9.17, 15) is 4.79 Å². The molecule has 0 spiro atoms. The Bertz CT molecular complexity index is 336. The van der Waals surface area contributed by atoms with Gasteiger partial charge in [-0.25, -0.2) is 9.97 Å². The quantitative estimate of drug-likeness (QED) is 0.753. The number of anilines is 1. The van der Waals surface area contributed by atoms with Crippen LogP contribution in [0, 0.1) is 0 Å². The van der Waals surface area contributed by atoms with Crippen LogP contribution >= 0.6 is 11.8 Å². The zero-order valence-electron chi connectivity index (χ0n) is 10.3. The van der Waals surface area contributed by atoms with Crippen LogP contribution in [0.3, 0.4) is 0 Å². The van der Waals surface area contributed by atoms with E-state index in [1.807, 2.05) is 20.8 Å². The molecule has 0 saturated carbocycles. The topological polar surface area (TPSA) is 88.0 Å². The van der Waals surface area contributed by atoms with Gasteiger partial charge in [-0.1, -0.05) is 25.6 Å². The summed E-state index contributed by atoms with van der Waals surface area (Å²) in [6, 6.07) is 0. The van der Waals surface area contributed by atoms with Crippen LogP contribution in [0.2, 0.25) is 0 Å². The zero-order valence-corrected chi connectivity index (χ0v) is 11.1. The Labute approximate surface area is 105 Å². The van der Waals surface area contributed by atoms with Gasteiger partial charge in [-0.15, -0.1) is 0 Å². The largest absolute Gasteiger partial charge is 0.481 e. The summed E-state index contributed by atoms with van der Waals surface area (Å²) in [7, 11) is 0. The summed E-state index contributed by atoms with van der Waals surface area (Å²) in [5.74, 6) is 0.166. The first kappa shape index (κ1) is 15.6. The zero-order chi connectivity index (χ0) is 13.1. The summed E-state index contributed by atoms with van der Waals surface area (Å²) in [6.45, 7) is 6.68. The third-order valence-electron chi connectivity index (χ3n) is 1.43. The maximum absolute atomic E-state index is 10.3. The number of aromatic nitrogens is 3. The number of rotatable bonds is 6. The Balaban J connectivity index is 0.00000121. The van der Waals surface area contributed by atoms with Crippen LogP contribution in [0.25, 0.3) is 0 Å². The van der Waals surface area contributed by atoms with E-state index in [0.717, 1.165) is 6.54 Å². The molecule has 6 nitrogen and oxygen atoms in total. The highest BCUT2D eigenvalue weighted by Crippen LogP contribution is 2.13. The molecular formula is C10H18N4O2S. The Morgan fingerprint density at radius 2 is 2.18 bits per heavy atom. The predicted molar refractivity (Wildman–Crippen MR) is 68.3 cm³/mol. The van der Waals surface area contributed by atoms with Crippen LogP contribution in [0.5, 0.6) is 0 Å². The SMILES string of the molecule is CC.CCNc1ncnc(SCCC(=O)O)n1. The van der Waals surface area contributed by atoms with E-state index >= 15 is 0 Å². The first-order valence-electron chi connectivity index (χ1n) is 5.50. The van der Waals surface area contributed by atoms with E-state index in [1.54, 1.807) is 0 Å². The molecule has 0 aliphatic carbocycles. The molecule has 0 unspecified atom stereocenters. The second-order valence-electron chi connectivity index (χ2n) is 2.61. The van der Waals surface area contributed by atoms with Crippen LogP contribution in [0.1, 0.15) is 27.2 Å². The normalized spacial score (nSPS) is 9.12. The third kappa shape index (κ3) is 7.51. The third-order valence-corrected chi connectivity index (χ3v) is 2.29. The maximum atomic E-state index is 10.3. The van der Waals surface area contributed by atoms with Crippen LogP contribution < -0.4 is 5.32 Å². The molecule has 17 heavy (non-hydrogen) atoms. The average molecular weight is 258 g/mol. The highest BCUT2D eigenvalue weighted by atomic mass is 32.2. The van der Waals surface area contributed by atoms with Crippen molar-refractivity contribution in [1.82, 2.24) is 15.0 Å². The second-order valence-corrected chi connectivity index (χ2v) is 3.68. The van der Waals surface area contributed by atoms with Crippen LogP contribution in [0.15, 0.2) is 11.5 Å². The second kappa shape index (κ2) is 9.83. The van der Waals surface area contributed by atoms with Crippen molar-refractivity contribution in [3.63, 3.8) is 0 Å². The van der Waals surface area contributed by atoms with Gasteiger partial charge in [0, 0.05) is 12.3 Å². The highest BCUT2D eigenvalue weighted by molar-refractivity contribution is 7.99. The van der Waals surface area contributed by atoms with Gasteiger partial charge >= 0.3 is 5.97 Å². The molecule has 1 heterocycles. The Morgan fingerprint density at radius 1 is 1.47 bits per heavy atom. The molecule has 0 amide bonds. The minimum Gasteiger partial charge on any atom is -0.481 e. The summed E-state index contributed by atoms with van der Waals surface area (Å²) < 4.78 is 0. The van der Waals surface area contributed by atoms with Crippen molar-refractivity contribution >= 4 is 23.7 Å². The summed E-state index contributed by atoms with van der Waals surface area (Å²) in [4.78, 5) is 22.2. The van der Waals surface area contributed by atoms with Gasteiger partial charge < -0.3 is 10.4 Å². The van der Waals surface area contributed by atoms with Gasteiger partial charge in [0.05, 0.1) is 6.42 Å². The Hall–Kier alpha value is -1.37. The van der Waals surface area contributed by atoms with Crippen molar-refractivity contribution in [2.45, 2.75) is 32.3 Å². The molecule has 1 aromatic rings. The lowest BCUT2D eigenvalue weighted by molar-refractivity contribution is -0.136. The van der Waals surface area contributed by atoms with Crippen molar-refractivity contribution < 1.29 is 9.90 Å². The van der Waals surface area contributed by atoms with Crippen LogP contribution in [0.4, 0.5) is 5.95 Å². The number of thioether (sulfide) groups is 1. The van der Waals surface area contributed by atoms with Crippen LogP contribution in [-0.4, -0.2) is 38.3 Å². The Kier molecular flexibility index (Phi) is 9.04. The fourth-order valence-corrected chi connectivity index (χ4v) is 1.56. The summed E-state index contributed by atoms with van der Waals surface area (Å²) >= 11 is 1.31. The van der Waals surface area contributed by atoms with E-state index in [4.69, 9.17) is 5.11 Å². The van der Waals surface area contributed by atoms with Gasteiger partial charge in [-0.3, -0.25) is 4.79 Å². The lowest BCUT2D eigenvalue weighted by Gasteiger charge is -2.01. The molecule has 96 valence electrons. The Morgan fingerprint density at radius 3 is 2.76 bits per heavy atom. The molecule has 0 radical (unpaired) electrons. The smallest absolute Gasteiger partial charge is 0.304 e. The first-order valence-corrected chi connectivity index (χ1v) is 6.48. The fraction of sp³-hybridized carbons (Fsp3) is 0.600. The van der Waals surface area contributed by atoms with Gasteiger partial charge in [-0.2, -0.15) is 4.98 Å². The predicted octanol–water partition coefficient (Wildman–Crippen LogP) is 1.90. The number of carbonyl (C=O) groups is 1. The van der Waals surface area contributed by atoms with E-state index < -0.39 is 5.97 Å². The monoisotopic (exact) mass is 258 g/mol. The molecule has 0 saturated heterocycles. The summed E-state index contributed by atoms with van der Waals surface area (Å²) in [5, 5.41) is 12.0. The standard InChI is InChI=1S/C8H12N4O2S.C2H6/c1-2-9-7-10-5-11-8(12-7)15-4-3-6(13)14;1-2/h5H,2-4H2,1H3,(H,13,14)(H,9,10,11,12);1-2H3. The minimum absolute atomic E-state index is 0.104. The first-order chi connectivity index (χ1) is 8.22. The molecule has 1 aromatic heterocycles. The molecule has 1 rings (SSSR count). The number of nitrogens with one attached hydrogen (secondary N) is 1. The molecule has 0 fully saturated rings. The maximum Gasteiger partial charge on any atom is 0.304 e. The van der Waals surface area contributed by atoms with Gasteiger partial charge in [-0.05, 0) is 6.92 Å². The van der Waals surface area contributed by atoms with Gasteiger partial charge in [0.15, 0.2) is 5.16 Å². The average Bonchev–Trinajstić information content (AvgIpc) is 2.32. The molecule has 2 N–H and O–H groups in total. The summed E-state index contributed by atoms with van der Waals surface area (Å²) in [5.41, 5.74) is 0. The molecule has 0 aromatic carbocycles.